The normalized spacial score (nSPS) is 15.2. The number of thiophene rings is 1. The number of benzene rings is 1. The van der Waals surface area contributed by atoms with Gasteiger partial charge < -0.3 is 14.7 Å². The van der Waals surface area contributed by atoms with Gasteiger partial charge in [0.25, 0.3) is 0 Å². The Morgan fingerprint density at radius 3 is 2.60 bits per heavy atom. The third kappa shape index (κ3) is 4.65. The Morgan fingerprint density at radius 2 is 1.91 bits per heavy atom. The summed E-state index contributed by atoms with van der Waals surface area (Å²) < 4.78 is 7.25. The molecule has 1 N–H and O–H groups in total. The number of nitrogens with zero attached hydrogens (tertiary/aromatic N) is 4. The van der Waals surface area contributed by atoms with Gasteiger partial charge in [-0.2, -0.15) is 0 Å². The van der Waals surface area contributed by atoms with Gasteiger partial charge in [0.1, 0.15) is 4.83 Å². The van der Waals surface area contributed by atoms with Gasteiger partial charge in [0.15, 0.2) is 11.0 Å². The van der Waals surface area contributed by atoms with Crippen molar-refractivity contribution in [2.75, 3.05) is 24.3 Å². The molecule has 1 aliphatic rings. The molecule has 4 heterocycles. The summed E-state index contributed by atoms with van der Waals surface area (Å²) in [6.07, 6.45) is 2.83. The van der Waals surface area contributed by atoms with E-state index >= 15 is 0 Å². The van der Waals surface area contributed by atoms with E-state index in [9.17, 15) is 5.11 Å². The van der Waals surface area contributed by atoms with Gasteiger partial charge in [-0.05, 0) is 37.1 Å². The fraction of sp³-hybridized carbons (Fsp3) is 0.444. The number of anilines is 1. The van der Waals surface area contributed by atoms with Crippen molar-refractivity contribution >= 4 is 49.3 Å². The average Bonchev–Trinajstić information content (AvgIpc) is 3.21. The lowest BCUT2D eigenvalue weighted by Crippen LogP contribution is -2.33. The van der Waals surface area contributed by atoms with E-state index in [4.69, 9.17) is 19.7 Å². The van der Waals surface area contributed by atoms with Crippen LogP contribution in [0.5, 0.6) is 0 Å². The molecular formula is C27H32N4O2S2. The number of rotatable bonds is 7. The van der Waals surface area contributed by atoms with Crippen LogP contribution < -0.4 is 4.90 Å². The lowest BCUT2D eigenvalue weighted by atomic mass is 9.87. The van der Waals surface area contributed by atoms with Gasteiger partial charge in [0.2, 0.25) is 0 Å². The fourth-order valence-electron chi connectivity index (χ4n) is 4.83. The van der Waals surface area contributed by atoms with Gasteiger partial charge >= 0.3 is 0 Å². The number of thioether (sulfide) groups is 1. The smallest absolute Gasteiger partial charge is 0.189 e. The first-order chi connectivity index (χ1) is 16.8. The largest absolute Gasteiger partial charge is 0.395 e. The van der Waals surface area contributed by atoms with Crippen molar-refractivity contribution < 1.29 is 9.84 Å². The molecule has 0 atom stereocenters. The van der Waals surface area contributed by atoms with Crippen molar-refractivity contribution in [3.63, 3.8) is 0 Å². The van der Waals surface area contributed by atoms with E-state index < -0.39 is 0 Å². The number of aliphatic hydroxyl groups is 1. The monoisotopic (exact) mass is 508 g/mol. The third-order valence-corrected chi connectivity index (χ3v) is 8.12. The first kappa shape index (κ1) is 24.4. The van der Waals surface area contributed by atoms with Crippen LogP contribution in [-0.2, 0) is 24.3 Å². The van der Waals surface area contributed by atoms with Crippen molar-refractivity contribution in [1.82, 2.24) is 15.0 Å². The van der Waals surface area contributed by atoms with Crippen LogP contribution in [0.4, 0.5) is 5.82 Å². The van der Waals surface area contributed by atoms with Crippen LogP contribution in [0.1, 0.15) is 56.0 Å². The number of pyridine rings is 1. The standard InChI is InChI=1S/C27H32N4O2S2/c1-16(2)21-19-15-33-27(3,4)13-18(19)20-22-23(35-25(20)28-21)24(30-26(29-22)34-5)31(11-12-32)14-17-9-7-6-8-10-17/h6-10,16,32H,11-15H2,1-5H3. The molecule has 0 radical (unpaired) electrons. The fourth-order valence-corrected chi connectivity index (χ4v) is 6.36. The quantitative estimate of drug-likeness (QED) is 0.245. The summed E-state index contributed by atoms with van der Waals surface area (Å²) >= 11 is 3.21. The van der Waals surface area contributed by atoms with Crippen LogP contribution in [-0.4, -0.2) is 45.1 Å². The molecule has 6 nitrogen and oxygen atoms in total. The van der Waals surface area contributed by atoms with Crippen LogP contribution in [0.25, 0.3) is 20.4 Å². The summed E-state index contributed by atoms with van der Waals surface area (Å²) in [7, 11) is 0. The zero-order valence-corrected chi connectivity index (χ0v) is 22.6. The maximum absolute atomic E-state index is 9.91. The van der Waals surface area contributed by atoms with Crippen LogP contribution in [0, 0.1) is 0 Å². The van der Waals surface area contributed by atoms with Gasteiger partial charge in [0.05, 0.1) is 34.7 Å². The summed E-state index contributed by atoms with van der Waals surface area (Å²) in [4.78, 5) is 18.3. The number of hydrogen-bond donors (Lipinski definition) is 1. The van der Waals surface area contributed by atoms with E-state index in [1.807, 2.05) is 24.5 Å². The third-order valence-electron chi connectivity index (χ3n) is 6.50. The molecule has 0 saturated heterocycles. The molecule has 35 heavy (non-hydrogen) atoms. The second-order valence-corrected chi connectivity index (χ2v) is 11.7. The van der Waals surface area contributed by atoms with Gasteiger partial charge in [-0.3, -0.25) is 0 Å². The highest BCUT2D eigenvalue weighted by Crippen LogP contribution is 2.44. The van der Waals surface area contributed by atoms with E-state index in [1.54, 1.807) is 23.1 Å². The average molecular weight is 509 g/mol. The molecule has 5 rings (SSSR count). The Kier molecular flexibility index (Phi) is 6.74. The highest BCUT2D eigenvalue weighted by Gasteiger charge is 2.32. The molecule has 184 valence electrons. The number of aromatic nitrogens is 3. The van der Waals surface area contributed by atoms with Crippen LogP contribution in [0.2, 0.25) is 0 Å². The summed E-state index contributed by atoms with van der Waals surface area (Å²) in [5.41, 5.74) is 5.55. The first-order valence-electron chi connectivity index (χ1n) is 12.0. The number of aliphatic hydroxyl groups excluding tert-OH is 1. The van der Waals surface area contributed by atoms with Crippen molar-refractivity contribution in [3.8, 4) is 0 Å². The maximum Gasteiger partial charge on any atom is 0.189 e. The molecule has 1 aromatic carbocycles. The Bertz CT molecular complexity index is 1370. The Hall–Kier alpha value is -2.26. The minimum atomic E-state index is -0.238. The van der Waals surface area contributed by atoms with E-state index in [-0.39, 0.29) is 12.2 Å². The predicted octanol–water partition coefficient (Wildman–Crippen LogP) is 5.94. The minimum absolute atomic E-state index is 0.0501. The molecule has 0 spiro atoms. The highest BCUT2D eigenvalue weighted by atomic mass is 32.2. The molecule has 4 aromatic rings. The van der Waals surface area contributed by atoms with E-state index in [1.165, 1.54) is 16.7 Å². The molecular weight excluding hydrogens is 476 g/mol. The second kappa shape index (κ2) is 9.65. The molecule has 0 fully saturated rings. The zero-order valence-electron chi connectivity index (χ0n) is 21.0. The molecule has 0 aliphatic carbocycles. The van der Waals surface area contributed by atoms with Crippen LogP contribution in [0.15, 0.2) is 35.5 Å². The van der Waals surface area contributed by atoms with Crippen molar-refractivity contribution in [3.05, 3.63) is 52.7 Å². The SMILES string of the molecule is CSc1nc(N(CCO)Cc2ccccc2)c2sc3nc(C(C)C)c4c(c3c2n1)CC(C)(C)OC4. The summed E-state index contributed by atoms with van der Waals surface area (Å²) in [6.45, 7) is 10.5. The van der Waals surface area contributed by atoms with E-state index in [0.717, 1.165) is 43.5 Å². The summed E-state index contributed by atoms with van der Waals surface area (Å²) in [6, 6.07) is 10.3. The zero-order chi connectivity index (χ0) is 24.7. The highest BCUT2D eigenvalue weighted by molar-refractivity contribution is 7.98. The molecule has 0 unspecified atom stereocenters. The van der Waals surface area contributed by atoms with E-state index in [2.05, 4.69) is 44.7 Å². The molecule has 8 heteroatoms. The van der Waals surface area contributed by atoms with Gasteiger partial charge in [-0.15, -0.1) is 11.3 Å². The topological polar surface area (TPSA) is 71.4 Å². The Balaban J connectivity index is 1.78. The summed E-state index contributed by atoms with van der Waals surface area (Å²) in [5.74, 6) is 1.17. The van der Waals surface area contributed by atoms with Crippen molar-refractivity contribution in [1.29, 1.82) is 0 Å². The van der Waals surface area contributed by atoms with Crippen LogP contribution in [0.3, 0.4) is 0 Å². The maximum atomic E-state index is 9.91. The molecule has 0 amide bonds. The second-order valence-electron chi connectivity index (χ2n) is 9.96. The summed E-state index contributed by atoms with van der Waals surface area (Å²) in [5, 5.41) is 11.8. The number of ether oxygens (including phenoxy) is 1. The first-order valence-corrected chi connectivity index (χ1v) is 14.1. The van der Waals surface area contributed by atoms with Gasteiger partial charge in [-0.25, -0.2) is 15.0 Å². The van der Waals surface area contributed by atoms with Crippen LogP contribution >= 0.6 is 23.1 Å². The number of hydrogen-bond acceptors (Lipinski definition) is 8. The van der Waals surface area contributed by atoms with Crippen molar-refractivity contribution in [2.45, 2.75) is 63.9 Å². The Labute approximate surface area is 214 Å². The molecule has 1 aliphatic heterocycles. The molecule has 0 saturated carbocycles. The Morgan fingerprint density at radius 1 is 1.14 bits per heavy atom. The molecule has 3 aromatic heterocycles. The number of fused-ring (bicyclic) bond motifs is 5. The van der Waals surface area contributed by atoms with Gasteiger partial charge in [-0.1, -0.05) is 55.9 Å². The minimum Gasteiger partial charge on any atom is -0.395 e. The van der Waals surface area contributed by atoms with Gasteiger partial charge in [0, 0.05) is 30.5 Å². The van der Waals surface area contributed by atoms with E-state index in [0.29, 0.717) is 25.6 Å². The molecule has 0 bridgehead atoms. The van der Waals surface area contributed by atoms with Crippen molar-refractivity contribution in [2.24, 2.45) is 0 Å². The lowest BCUT2D eigenvalue weighted by molar-refractivity contribution is -0.0402. The lowest BCUT2D eigenvalue weighted by Gasteiger charge is -2.33. The predicted molar refractivity (Wildman–Crippen MR) is 146 cm³/mol.